The van der Waals surface area contributed by atoms with Crippen molar-refractivity contribution in [3.63, 3.8) is 0 Å². The summed E-state index contributed by atoms with van der Waals surface area (Å²) in [5, 5.41) is 0.717. The molecule has 1 heterocycles. The predicted octanol–water partition coefficient (Wildman–Crippen LogP) is 4.56. The van der Waals surface area contributed by atoms with Crippen molar-refractivity contribution < 1.29 is 0 Å². The molecule has 0 atom stereocenters. The largest absolute Gasteiger partial charge is 0.398 e. The molecule has 0 aliphatic heterocycles. The molecule has 0 fully saturated rings. The summed E-state index contributed by atoms with van der Waals surface area (Å²) in [6.07, 6.45) is 0. The summed E-state index contributed by atoms with van der Waals surface area (Å²) in [5.41, 5.74) is 9.79. The summed E-state index contributed by atoms with van der Waals surface area (Å²) in [6, 6.07) is 11.7. The summed E-state index contributed by atoms with van der Waals surface area (Å²) in [5.74, 6) is 0.890. The van der Waals surface area contributed by atoms with Crippen molar-refractivity contribution in [2.75, 3.05) is 5.73 Å². The van der Waals surface area contributed by atoms with E-state index in [9.17, 15) is 0 Å². The van der Waals surface area contributed by atoms with E-state index in [-0.39, 0.29) is 0 Å². The number of nitrogens with zero attached hydrogens (tertiary/aromatic N) is 2. The van der Waals surface area contributed by atoms with Crippen molar-refractivity contribution in [1.82, 2.24) is 9.55 Å². The minimum atomic E-state index is 0.717. The number of nitrogens with two attached hydrogens (primary N) is 1. The SMILES string of the molecule is CCn1c(-c2cc(I)ccc2N)nc2ccc(Cl)cc21. The molecule has 0 saturated carbocycles. The Morgan fingerprint density at radius 3 is 2.80 bits per heavy atom. The molecular formula is C15H13ClIN3. The topological polar surface area (TPSA) is 43.8 Å². The summed E-state index contributed by atoms with van der Waals surface area (Å²) in [6.45, 7) is 2.91. The van der Waals surface area contributed by atoms with Gasteiger partial charge in [-0.2, -0.15) is 0 Å². The molecule has 0 unspecified atom stereocenters. The number of rotatable bonds is 2. The van der Waals surface area contributed by atoms with Crippen molar-refractivity contribution in [1.29, 1.82) is 0 Å². The van der Waals surface area contributed by atoms with Gasteiger partial charge in [-0.05, 0) is 65.9 Å². The maximum absolute atomic E-state index is 6.11. The number of benzene rings is 2. The van der Waals surface area contributed by atoms with Gasteiger partial charge in [0.25, 0.3) is 0 Å². The lowest BCUT2D eigenvalue weighted by Crippen LogP contribution is -2.00. The second-order valence-corrected chi connectivity index (χ2v) is 6.23. The highest BCUT2D eigenvalue weighted by molar-refractivity contribution is 14.1. The zero-order valence-corrected chi connectivity index (χ0v) is 13.8. The third-order valence-corrected chi connectivity index (χ3v) is 4.19. The van der Waals surface area contributed by atoms with Crippen LogP contribution >= 0.6 is 34.2 Å². The Morgan fingerprint density at radius 1 is 1.25 bits per heavy atom. The number of hydrogen-bond donors (Lipinski definition) is 1. The lowest BCUT2D eigenvalue weighted by atomic mass is 10.1. The highest BCUT2D eigenvalue weighted by Gasteiger charge is 2.14. The summed E-state index contributed by atoms with van der Waals surface area (Å²) >= 11 is 8.38. The van der Waals surface area contributed by atoms with Gasteiger partial charge in [0.05, 0.1) is 11.0 Å². The number of imidazole rings is 1. The van der Waals surface area contributed by atoms with Crippen LogP contribution in [0.4, 0.5) is 5.69 Å². The van der Waals surface area contributed by atoms with E-state index in [1.165, 1.54) is 0 Å². The predicted molar refractivity (Wildman–Crippen MR) is 93.0 cm³/mol. The van der Waals surface area contributed by atoms with Crippen LogP contribution in [0.2, 0.25) is 5.02 Å². The van der Waals surface area contributed by atoms with Gasteiger partial charge in [0.15, 0.2) is 0 Å². The summed E-state index contributed by atoms with van der Waals surface area (Å²) < 4.78 is 3.28. The maximum Gasteiger partial charge on any atom is 0.143 e. The molecule has 3 aromatic rings. The molecule has 0 radical (unpaired) electrons. The molecule has 20 heavy (non-hydrogen) atoms. The first kappa shape index (κ1) is 13.7. The van der Waals surface area contributed by atoms with E-state index in [1.807, 2.05) is 30.3 Å². The molecule has 2 N–H and O–H groups in total. The molecule has 0 aliphatic rings. The second-order valence-electron chi connectivity index (χ2n) is 4.54. The Morgan fingerprint density at radius 2 is 2.05 bits per heavy atom. The van der Waals surface area contributed by atoms with Crippen LogP contribution in [0.5, 0.6) is 0 Å². The van der Waals surface area contributed by atoms with Gasteiger partial charge >= 0.3 is 0 Å². The highest BCUT2D eigenvalue weighted by Crippen LogP contribution is 2.31. The van der Waals surface area contributed by atoms with E-state index >= 15 is 0 Å². The van der Waals surface area contributed by atoms with Crippen molar-refractivity contribution in [2.45, 2.75) is 13.5 Å². The Kier molecular flexibility index (Phi) is 3.60. The van der Waals surface area contributed by atoms with Gasteiger partial charge in [0.2, 0.25) is 0 Å². The zero-order valence-electron chi connectivity index (χ0n) is 10.9. The van der Waals surface area contributed by atoms with Gasteiger partial charge in [-0.25, -0.2) is 4.98 Å². The van der Waals surface area contributed by atoms with Crippen LogP contribution in [-0.4, -0.2) is 9.55 Å². The molecule has 0 aliphatic carbocycles. The van der Waals surface area contributed by atoms with Crippen molar-refractivity contribution >= 4 is 50.9 Å². The highest BCUT2D eigenvalue weighted by atomic mass is 127. The number of aromatic nitrogens is 2. The average Bonchev–Trinajstić information content (AvgIpc) is 2.79. The first-order valence-electron chi connectivity index (χ1n) is 6.31. The molecule has 2 aromatic carbocycles. The minimum Gasteiger partial charge on any atom is -0.398 e. The van der Waals surface area contributed by atoms with Crippen LogP contribution < -0.4 is 5.73 Å². The number of anilines is 1. The lowest BCUT2D eigenvalue weighted by Gasteiger charge is -2.09. The number of nitrogen functional groups attached to an aromatic ring is 1. The lowest BCUT2D eigenvalue weighted by molar-refractivity contribution is 0.796. The second kappa shape index (κ2) is 5.26. The first-order chi connectivity index (χ1) is 9.60. The number of halogens is 2. The molecule has 1 aromatic heterocycles. The molecule has 3 nitrogen and oxygen atoms in total. The monoisotopic (exact) mass is 397 g/mol. The van der Waals surface area contributed by atoms with Crippen molar-refractivity contribution in [2.24, 2.45) is 0 Å². The van der Waals surface area contributed by atoms with Crippen molar-refractivity contribution in [3.8, 4) is 11.4 Å². The van der Waals surface area contributed by atoms with Crippen LogP contribution in [0.3, 0.4) is 0 Å². The Balaban J connectivity index is 2.33. The summed E-state index contributed by atoms with van der Waals surface area (Å²) in [4.78, 5) is 4.72. The summed E-state index contributed by atoms with van der Waals surface area (Å²) in [7, 11) is 0. The molecule has 0 spiro atoms. The first-order valence-corrected chi connectivity index (χ1v) is 7.77. The van der Waals surface area contributed by atoms with E-state index in [1.54, 1.807) is 0 Å². The molecule has 0 amide bonds. The third kappa shape index (κ3) is 2.27. The number of hydrogen-bond acceptors (Lipinski definition) is 2. The van der Waals surface area contributed by atoms with Crippen molar-refractivity contribution in [3.05, 3.63) is 45.0 Å². The van der Waals surface area contributed by atoms with Gasteiger partial charge in [0.1, 0.15) is 5.82 Å². The quantitative estimate of drug-likeness (QED) is 0.509. The van der Waals surface area contributed by atoms with E-state index < -0.39 is 0 Å². The van der Waals surface area contributed by atoms with E-state index in [0.29, 0.717) is 5.02 Å². The van der Waals surface area contributed by atoms with Gasteiger partial charge in [-0.3, -0.25) is 0 Å². The standard InChI is InChI=1S/C15H13ClIN3/c1-2-20-14-7-9(16)3-6-13(14)19-15(20)11-8-10(17)4-5-12(11)18/h3-8H,2,18H2,1H3. The molecule has 3 rings (SSSR count). The maximum atomic E-state index is 6.11. The Labute approximate surface area is 135 Å². The van der Waals surface area contributed by atoms with Gasteiger partial charge in [-0.15, -0.1) is 0 Å². The fraction of sp³-hybridized carbons (Fsp3) is 0.133. The molecule has 5 heteroatoms. The van der Waals surface area contributed by atoms with Crippen LogP contribution in [0.15, 0.2) is 36.4 Å². The van der Waals surface area contributed by atoms with Gasteiger partial charge < -0.3 is 10.3 Å². The molecule has 0 bridgehead atoms. The normalized spacial score (nSPS) is 11.2. The van der Waals surface area contributed by atoms with Crippen LogP contribution in [0.1, 0.15) is 6.92 Å². The zero-order chi connectivity index (χ0) is 14.3. The third-order valence-electron chi connectivity index (χ3n) is 3.28. The van der Waals surface area contributed by atoms with Crippen LogP contribution in [-0.2, 0) is 6.54 Å². The fourth-order valence-corrected chi connectivity index (χ4v) is 3.00. The fourth-order valence-electron chi connectivity index (χ4n) is 2.34. The average molecular weight is 398 g/mol. The van der Waals surface area contributed by atoms with Crippen LogP contribution in [0.25, 0.3) is 22.4 Å². The van der Waals surface area contributed by atoms with E-state index in [0.717, 1.165) is 38.2 Å². The van der Waals surface area contributed by atoms with Gasteiger partial charge in [0, 0.05) is 26.4 Å². The Hall–Kier alpha value is -1.27. The van der Waals surface area contributed by atoms with Crippen LogP contribution in [0, 0.1) is 3.57 Å². The van der Waals surface area contributed by atoms with Gasteiger partial charge in [-0.1, -0.05) is 11.6 Å². The molecular weight excluding hydrogens is 385 g/mol. The Bertz CT molecular complexity index is 795. The molecule has 0 saturated heterocycles. The number of fused-ring (bicyclic) bond motifs is 1. The number of aryl methyl sites for hydroxylation is 1. The van der Waals surface area contributed by atoms with E-state index in [4.69, 9.17) is 22.3 Å². The minimum absolute atomic E-state index is 0.717. The smallest absolute Gasteiger partial charge is 0.143 e. The van der Waals surface area contributed by atoms with E-state index in [2.05, 4.69) is 40.1 Å². The molecule has 102 valence electrons.